The second-order valence-electron chi connectivity index (χ2n) is 3.37. The smallest absolute Gasteiger partial charge is 0.236 e. The molecule has 2 heterocycles. The van der Waals surface area contributed by atoms with Gasteiger partial charge in [0.1, 0.15) is 5.37 Å². The van der Waals surface area contributed by atoms with Crippen molar-refractivity contribution in [3.05, 3.63) is 30.1 Å². The number of hydrogen-bond acceptors (Lipinski definition) is 3. The number of hydrogen-bond donors (Lipinski definition) is 0. The van der Waals surface area contributed by atoms with Gasteiger partial charge >= 0.3 is 0 Å². The van der Waals surface area contributed by atoms with Gasteiger partial charge in [-0.05, 0) is 13.0 Å². The monoisotopic (exact) mass is 244 g/mol. The molecule has 82 valence electrons. The van der Waals surface area contributed by atoms with E-state index in [0.717, 1.165) is 5.56 Å². The third-order valence-corrected chi connectivity index (χ3v) is 3.81. The summed E-state index contributed by atoms with van der Waals surface area (Å²) in [5.74, 6) is 0.198. The van der Waals surface area contributed by atoms with E-state index in [4.69, 9.17) is 0 Å². The number of thioether (sulfide) groups is 1. The molecule has 2 atom stereocenters. The van der Waals surface area contributed by atoms with Gasteiger partial charge < -0.3 is 4.90 Å². The van der Waals surface area contributed by atoms with Gasteiger partial charge in [-0.1, -0.05) is 6.07 Å². The first-order chi connectivity index (χ1) is 6.70. The lowest BCUT2D eigenvalue weighted by atomic mass is 10.2. The number of pyridine rings is 1. The van der Waals surface area contributed by atoms with Gasteiger partial charge in [-0.3, -0.25) is 9.78 Å². The van der Waals surface area contributed by atoms with Crippen molar-refractivity contribution in [1.29, 1.82) is 0 Å². The lowest BCUT2D eigenvalue weighted by Crippen LogP contribution is -2.25. The maximum Gasteiger partial charge on any atom is 0.236 e. The third-order valence-electron chi connectivity index (χ3n) is 2.35. The summed E-state index contributed by atoms with van der Waals surface area (Å²) in [5, 5.41) is 0.191. The van der Waals surface area contributed by atoms with Crippen LogP contribution in [0.15, 0.2) is 24.5 Å². The van der Waals surface area contributed by atoms with Gasteiger partial charge in [0.05, 0.1) is 5.25 Å². The van der Waals surface area contributed by atoms with Gasteiger partial charge in [0.2, 0.25) is 5.91 Å². The highest BCUT2D eigenvalue weighted by Gasteiger charge is 2.35. The molecule has 1 fully saturated rings. The highest BCUT2D eigenvalue weighted by molar-refractivity contribution is 8.01. The summed E-state index contributed by atoms with van der Waals surface area (Å²) < 4.78 is 0. The van der Waals surface area contributed by atoms with Crippen LogP contribution in [0.5, 0.6) is 0 Å². The zero-order chi connectivity index (χ0) is 10.1. The number of amides is 1. The molecule has 1 amide bonds. The highest BCUT2D eigenvalue weighted by Crippen LogP contribution is 2.41. The standard InChI is InChI=1S/C10H12N2OS.ClH/c1-7-9(13)12(2)10(14-7)8-4-3-5-11-6-8;/h3-7,10H,1-2H3;1H. The summed E-state index contributed by atoms with van der Waals surface area (Å²) in [5.41, 5.74) is 1.10. The Labute approximate surface area is 99.7 Å². The van der Waals surface area contributed by atoms with E-state index in [2.05, 4.69) is 4.98 Å². The summed E-state index contributed by atoms with van der Waals surface area (Å²) in [4.78, 5) is 17.4. The van der Waals surface area contributed by atoms with Crippen molar-refractivity contribution in [3.63, 3.8) is 0 Å². The maximum atomic E-state index is 11.6. The Morgan fingerprint density at radius 2 is 2.27 bits per heavy atom. The van der Waals surface area contributed by atoms with E-state index in [1.54, 1.807) is 22.9 Å². The van der Waals surface area contributed by atoms with Crippen molar-refractivity contribution >= 4 is 30.1 Å². The minimum absolute atomic E-state index is 0. The molecule has 0 spiro atoms. The first kappa shape index (κ1) is 12.3. The third kappa shape index (κ3) is 2.26. The van der Waals surface area contributed by atoms with Gasteiger partial charge in [-0.25, -0.2) is 0 Å². The molecule has 0 N–H and O–H groups in total. The first-order valence-electron chi connectivity index (χ1n) is 4.52. The summed E-state index contributed by atoms with van der Waals surface area (Å²) in [7, 11) is 1.84. The second kappa shape index (κ2) is 4.86. The maximum absolute atomic E-state index is 11.6. The van der Waals surface area contributed by atoms with E-state index < -0.39 is 0 Å². The molecule has 15 heavy (non-hydrogen) atoms. The Morgan fingerprint density at radius 3 is 2.73 bits per heavy atom. The Hall–Kier alpha value is -0.740. The second-order valence-corrected chi connectivity index (χ2v) is 4.79. The molecule has 0 aliphatic carbocycles. The summed E-state index contributed by atoms with van der Waals surface area (Å²) in [6, 6.07) is 3.91. The van der Waals surface area contributed by atoms with E-state index in [1.165, 1.54) is 0 Å². The van der Waals surface area contributed by atoms with Crippen LogP contribution in [0.1, 0.15) is 17.9 Å². The minimum atomic E-state index is 0. The van der Waals surface area contributed by atoms with Crippen molar-refractivity contribution in [2.24, 2.45) is 0 Å². The van der Waals surface area contributed by atoms with Crippen LogP contribution in [0.2, 0.25) is 0 Å². The molecule has 1 aromatic heterocycles. The van der Waals surface area contributed by atoms with E-state index in [0.29, 0.717) is 0 Å². The number of carbonyl (C=O) groups excluding carboxylic acids is 1. The van der Waals surface area contributed by atoms with E-state index in [1.807, 2.05) is 32.3 Å². The fourth-order valence-corrected chi connectivity index (χ4v) is 2.82. The first-order valence-corrected chi connectivity index (χ1v) is 5.46. The molecule has 0 saturated carbocycles. The van der Waals surface area contributed by atoms with Gasteiger partial charge in [0.25, 0.3) is 0 Å². The molecular weight excluding hydrogens is 232 g/mol. The summed E-state index contributed by atoms with van der Waals surface area (Å²) in [6.07, 6.45) is 3.56. The van der Waals surface area contributed by atoms with Gasteiger partial charge in [-0.2, -0.15) is 0 Å². The van der Waals surface area contributed by atoms with E-state index in [-0.39, 0.29) is 28.9 Å². The van der Waals surface area contributed by atoms with Crippen LogP contribution in [-0.2, 0) is 4.79 Å². The lowest BCUT2D eigenvalue weighted by molar-refractivity contribution is -0.128. The molecule has 2 rings (SSSR count). The molecule has 0 aromatic carbocycles. The van der Waals surface area contributed by atoms with Gasteiger partial charge in [0.15, 0.2) is 0 Å². The molecular formula is C10H13ClN2OS. The summed E-state index contributed by atoms with van der Waals surface area (Å²) >= 11 is 1.67. The fraction of sp³-hybridized carbons (Fsp3) is 0.400. The Kier molecular flexibility index (Phi) is 3.99. The number of halogens is 1. The number of aromatic nitrogens is 1. The average molecular weight is 245 g/mol. The fourth-order valence-electron chi connectivity index (χ4n) is 1.57. The van der Waals surface area contributed by atoms with Crippen molar-refractivity contribution < 1.29 is 4.79 Å². The topological polar surface area (TPSA) is 33.2 Å². The molecule has 1 aliphatic heterocycles. The molecule has 1 aliphatic rings. The zero-order valence-corrected chi connectivity index (χ0v) is 10.2. The summed E-state index contributed by atoms with van der Waals surface area (Å²) in [6.45, 7) is 1.94. The molecule has 3 nitrogen and oxygen atoms in total. The minimum Gasteiger partial charge on any atom is -0.329 e. The molecule has 0 radical (unpaired) electrons. The van der Waals surface area contributed by atoms with Crippen LogP contribution in [0.4, 0.5) is 0 Å². The van der Waals surface area contributed by atoms with Crippen LogP contribution in [0.25, 0.3) is 0 Å². The Balaban J connectivity index is 0.00000112. The van der Waals surface area contributed by atoms with Crippen LogP contribution in [-0.4, -0.2) is 28.1 Å². The molecule has 0 bridgehead atoms. The predicted molar refractivity (Wildman–Crippen MR) is 64.0 cm³/mol. The quantitative estimate of drug-likeness (QED) is 0.759. The normalized spacial score (nSPS) is 25.2. The molecule has 2 unspecified atom stereocenters. The number of rotatable bonds is 1. The molecule has 5 heteroatoms. The Morgan fingerprint density at radius 1 is 1.53 bits per heavy atom. The van der Waals surface area contributed by atoms with Crippen molar-refractivity contribution in [1.82, 2.24) is 9.88 Å². The van der Waals surface area contributed by atoms with Crippen molar-refractivity contribution in [2.45, 2.75) is 17.5 Å². The number of carbonyl (C=O) groups is 1. The van der Waals surface area contributed by atoms with Crippen LogP contribution in [0, 0.1) is 0 Å². The van der Waals surface area contributed by atoms with Gasteiger partial charge in [0, 0.05) is 25.0 Å². The lowest BCUT2D eigenvalue weighted by Gasteiger charge is -2.18. The van der Waals surface area contributed by atoms with Crippen molar-refractivity contribution in [3.8, 4) is 0 Å². The van der Waals surface area contributed by atoms with Crippen LogP contribution in [0.3, 0.4) is 0 Å². The van der Waals surface area contributed by atoms with E-state index >= 15 is 0 Å². The number of nitrogens with zero attached hydrogens (tertiary/aromatic N) is 2. The predicted octanol–water partition coefficient (Wildman–Crippen LogP) is 2.10. The van der Waals surface area contributed by atoms with Crippen LogP contribution >= 0.6 is 24.2 Å². The van der Waals surface area contributed by atoms with Crippen LogP contribution < -0.4 is 0 Å². The highest BCUT2D eigenvalue weighted by atomic mass is 35.5. The Bertz CT molecular complexity index is 347. The average Bonchev–Trinajstić information content (AvgIpc) is 2.47. The molecule has 1 aromatic rings. The van der Waals surface area contributed by atoms with Gasteiger partial charge in [-0.15, -0.1) is 24.2 Å². The van der Waals surface area contributed by atoms with Crippen molar-refractivity contribution in [2.75, 3.05) is 7.05 Å². The van der Waals surface area contributed by atoms with E-state index in [9.17, 15) is 4.79 Å². The SMILES string of the molecule is CC1SC(c2cccnc2)N(C)C1=O.Cl. The molecule has 1 saturated heterocycles. The largest absolute Gasteiger partial charge is 0.329 e. The zero-order valence-electron chi connectivity index (χ0n) is 8.58.